The van der Waals surface area contributed by atoms with Gasteiger partial charge < -0.3 is 30.8 Å². The summed E-state index contributed by atoms with van der Waals surface area (Å²) in [7, 11) is 1.83. The zero-order valence-electron chi connectivity index (χ0n) is 22.3. The van der Waals surface area contributed by atoms with Crippen LogP contribution in [-0.2, 0) is 20.4 Å². The Morgan fingerprint density at radius 3 is 1.72 bits per heavy atom. The lowest BCUT2D eigenvalue weighted by molar-refractivity contribution is -0.159. The molecule has 0 saturated carbocycles. The fraction of sp³-hybridized carbons (Fsp3) is 0.429. The number of nitrogens with one attached hydrogen (secondary N) is 1. The number of aliphatic carboxylic acids is 2. The van der Waals surface area contributed by atoms with Gasteiger partial charge in [0.2, 0.25) is 0 Å². The van der Waals surface area contributed by atoms with Crippen LogP contribution in [0.1, 0.15) is 63.8 Å². The number of benzene rings is 2. The molecular weight excluding hydrogens is 462 g/mol. The third-order valence-corrected chi connectivity index (χ3v) is 5.04. The molecule has 0 spiro atoms. The lowest BCUT2D eigenvalue weighted by Crippen LogP contribution is -2.30. The third-order valence-electron chi connectivity index (χ3n) is 5.04. The summed E-state index contributed by atoms with van der Waals surface area (Å²) in [6.07, 6.45) is 3.77. The highest BCUT2D eigenvalue weighted by Gasteiger charge is 2.28. The molecule has 0 aromatic heterocycles. The van der Waals surface area contributed by atoms with Crippen molar-refractivity contribution in [3.63, 3.8) is 0 Å². The van der Waals surface area contributed by atoms with E-state index < -0.39 is 18.0 Å². The molecule has 200 valence electrons. The lowest BCUT2D eigenvalue weighted by atomic mass is 9.78. The molecule has 8 heteroatoms. The van der Waals surface area contributed by atoms with Crippen LogP contribution < -0.4 is 10.1 Å². The molecule has 0 saturated heterocycles. The van der Waals surface area contributed by atoms with Crippen molar-refractivity contribution >= 4 is 24.1 Å². The molecule has 0 amide bonds. The van der Waals surface area contributed by atoms with Crippen LogP contribution in [0.25, 0.3) is 12.2 Å². The van der Waals surface area contributed by atoms with Crippen molar-refractivity contribution in [2.24, 2.45) is 0 Å². The zero-order chi connectivity index (χ0) is 26.8. The Balaban J connectivity index is 0.00000156. The molecular formula is C28H41NO7. The van der Waals surface area contributed by atoms with Crippen molar-refractivity contribution in [1.29, 1.82) is 0 Å². The van der Waals surface area contributed by atoms with Crippen LogP contribution in [-0.4, -0.2) is 59.0 Å². The SMILES string of the molecule is CNCC(O)COc1c(C(C)(C)C)cc(/C=C/c2ccccc2)cc1C(C)(C)C.O.O=C(O)C(=O)O. The van der Waals surface area contributed by atoms with Crippen molar-refractivity contribution in [1.82, 2.24) is 5.32 Å². The van der Waals surface area contributed by atoms with Gasteiger partial charge in [-0.3, -0.25) is 0 Å². The fourth-order valence-corrected chi connectivity index (χ4v) is 3.25. The number of rotatable bonds is 7. The molecule has 2 aromatic carbocycles. The zero-order valence-corrected chi connectivity index (χ0v) is 22.3. The first-order chi connectivity index (χ1) is 16.2. The first-order valence-corrected chi connectivity index (χ1v) is 11.5. The van der Waals surface area contributed by atoms with E-state index in [9.17, 15) is 5.11 Å². The average molecular weight is 504 g/mol. The Labute approximate surface area is 213 Å². The van der Waals surface area contributed by atoms with Crippen molar-refractivity contribution in [3.8, 4) is 5.75 Å². The van der Waals surface area contributed by atoms with E-state index in [0.717, 1.165) is 22.4 Å². The van der Waals surface area contributed by atoms with Gasteiger partial charge in [0.05, 0.1) is 0 Å². The topological polar surface area (TPSA) is 148 Å². The highest BCUT2D eigenvalue weighted by atomic mass is 16.5. The Bertz CT molecular complexity index is 956. The molecule has 2 rings (SSSR count). The average Bonchev–Trinajstić information content (AvgIpc) is 2.76. The second kappa shape index (κ2) is 14.4. The highest BCUT2D eigenvalue weighted by Crippen LogP contribution is 2.41. The van der Waals surface area contributed by atoms with Gasteiger partial charge in [0, 0.05) is 17.7 Å². The molecule has 0 heterocycles. The van der Waals surface area contributed by atoms with Gasteiger partial charge in [-0.05, 0) is 41.1 Å². The molecule has 36 heavy (non-hydrogen) atoms. The highest BCUT2D eigenvalue weighted by molar-refractivity contribution is 6.27. The number of aliphatic hydroxyl groups excluding tert-OH is 1. The smallest absolute Gasteiger partial charge is 0.414 e. The summed E-state index contributed by atoms with van der Waals surface area (Å²) in [5.41, 5.74) is 4.49. The minimum atomic E-state index is -1.82. The molecule has 8 nitrogen and oxygen atoms in total. The van der Waals surface area contributed by atoms with Crippen molar-refractivity contribution in [2.45, 2.75) is 58.5 Å². The van der Waals surface area contributed by atoms with E-state index in [1.54, 1.807) is 0 Å². The molecule has 0 aliphatic heterocycles. The molecule has 0 bridgehead atoms. The van der Waals surface area contributed by atoms with E-state index in [1.165, 1.54) is 5.56 Å². The van der Waals surface area contributed by atoms with E-state index in [4.69, 9.17) is 24.5 Å². The van der Waals surface area contributed by atoms with Crippen LogP contribution in [0.15, 0.2) is 42.5 Å². The van der Waals surface area contributed by atoms with Crippen LogP contribution in [0.3, 0.4) is 0 Å². The van der Waals surface area contributed by atoms with Crippen LogP contribution in [0, 0.1) is 0 Å². The Morgan fingerprint density at radius 1 is 0.889 bits per heavy atom. The number of ether oxygens (including phenoxy) is 1. The maximum atomic E-state index is 10.2. The van der Waals surface area contributed by atoms with Crippen LogP contribution >= 0.6 is 0 Å². The predicted molar refractivity (Wildman–Crippen MR) is 144 cm³/mol. The van der Waals surface area contributed by atoms with E-state index in [0.29, 0.717) is 6.54 Å². The molecule has 1 unspecified atom stereocenters. The first-order valence-electron chi connectivity index (χ1n) is 11.5. The minimum Gasteiger partial charge on any atom is -0.490 e. The number of aliphatic hydroxyl groups is 1. The van der Waals surface area contributed by atoms with E-state index in [1.807, 2.05) is 25.2 Å². The summed E-state index contributed by atoms with van der Waals surface area (Å²) in [5.74, 6) is -2.75. The summed E-state index contributed by atoms with van der Waals surface area (Å²) >= 11 is 0. The van der Waals surface area contributed by atoms with Gasteiger partial charge >= 0.3 is 11.9 Å². The number of carbonyl (C=O) groups is 2. The molecule has 0 radical (unpaired) electrons. The Hall–Kier alpha value is -3.20. The van der Waals surface area contributed by atoms with Crippen molar-refractivity contribution in [2.75, 3.05) is 20.2 Å². The summed E-state index contributed by atoms with van der Waals surface area (Å²) in [6.45, 7) is 14.0. The molecule has 0 aliphatic carbocycles. The number of hydrogen-bond acceptors (Lipinski definition) is 5. The molecule has 2 aromatic rings. The summed E-state index contributed by atoms with van der Waals surface area (Å²) in [6, 6.07) is 14.8. The van der Waals surface area contributed by atoms with Crippen molar-refractivity contribution < 1.29 is 35.1 Å². The quantitative estimate of drug-likeness (QED) is 0.332. The summed E-state index contributed by atoms with van der Waals surface area (Å²) in [5, 5.41) is 27.9. The van der Waals surface area contributed by atoms with Gasteiger partial charge in [0.1, 0.15) is 18.5 Å². The number of carboxylic acid groups (broad SMARTS) is 2. The van der Waals surface area contributed by atoms with Gasteiger partial charge in [-0.2, -0.15) is 0 Å². The van der Waals surface area contributed by atoms with E-state index in [-0.39, 0.29) is 22.9 Å². The van der Waals surface area contributed by atoms with Crippen LogP contribution in [0.2, 0.25) is 0 Å². The second-order valence-corrected chi connectivity index (χ2v) is 10.3. The first kappa shape index (κ1) is 32.8. The minimum absolute atomic E-state index is 0. The van der Waals surface area contributed by atoms with Gasteiger partial charge in [-0.25, -0.2) is 9.59 Å². The summed E-state index contributed by atoms with van der Waals surface area (Å²) in [4.78, 5) is 18.2. The molecule has 1 atom stereocenters. The van der Waals surface area contributed by atoms with Gasteiger partial charge in [-0.1, -0.05) is 84.0 Å². The van der Waals surface area contributed by atoms with Crippen LogP contribution in [0.5, 0.6) is 5.75 Å². The molecule has 0 fully saturated rings. The normalized spacial score (nSPS) is 12.2. The number of likely N-dealkylation sites (N-methyl/N-ethyl adjacent to an activating group) is 1. The van der Waals surface area contributed by atoms with E-state index in [2.05, 4.69) is 83.3 Å². The largest absolute Gasteiger partial charge is 0.490 e. The Morgan fingerprint density at radius 2 is 1.33 bits per heavy atom. The van der Waals surface area contributed by atoms with Gasteiger partial charge in [-0.15, -0.1) is 0 Å². The monoisotopic (exact) mass is 503 g/mol. The van der Waals surface area contributed by atoms with Crippen molar-refractivity contribution in [3.05, 3.63) is 64.7 Å². The van der Waals surface area contributed by atoms with Crippen LogP contribution in [0.4, 0.5) is 0 Å². The lowest BCUT2D eigenvalue weighted by Gasteiger charge is -2.31. The predicted octanol–water partition coefficient (Wildman–Crippen LogP) is 3.74. The summed E-state index contributed by atoms with van der Waals surface area (Å²) < 4.78 is 6.24. The molecule has 0 aliphatic rings. The number of hydrogen-bond donors (Lipinski definition) is 4. The third kappa shape index (κ3) is 11.0. The van der Waals surface area contributed by atoms with Gasteiger partial charge in [0.15, 0.2) is 0 Å². The maximum absolute atomic E-state index is 10.2. The van der Waals surface area contributed by atoms with E-state index >= 15 is 0 Å². The van der Waals surface area contributed by atoms with Gasteiger partial charge in [0.25, 0.3) is 0 Å². The maximum Gasteiger partial charge on any atom is 0.414 e. The molecule has 6 N–H and O–H groups in total. The standard InChI is InChI=1S/C26H37NO2.C2H2O4.H2O/c1-25(2,3)22-15-20(14-13-19-11-9-8-10-12-19)16-23(26(4,5)6)24(22)29-18-21(28)17-27-7;3-1(4)2(5)6;/h8-16,21,27-28H,17-18H2,1-7H3;(H,3,4)(H,5,6);1H2/b14-13+;;. The fourth-order valence-electron chi connectivity index (χ4n) is 3.25. The second-order valence-electron chi connectivity index (χ2n) is 10.3. The Kier molecular flexibility index (Phi) is 13.1. The number of carboxylic acids is 2.